The molecular weight excluding hydrogens is 302 g/mol. The first-order valence-electron chi connectivity index (χ1n) is 7.87. The van der Waals surface area contributed by atoms with Crippen LogP contribution in [0.15, 0.2) is 12.1 Å². The number of carbonyl (C=O) groups excluding carboxylic acids is 1. The van der Waals surface area contributed by atoms with Crippen molar-refractivity contribution in [2.75, 3.05) is 25.4 Å². The van der Waals surface area contributed by atoms with Crippen LogP contribution in [0.2, 0.25) is 5.02 Å². The smallest absolute Gasteiger partial charge is 0.255 e. The Kier molecular flexibility index (Phi) is 4.45. The van der Waals surface area contributed by atoms with E-state index in [2.05, 4.69) is 10.2 Å². The van der Waals surface area contributed by atoms with Crippen LogP contribution in [0.1, 0.15) is 36.5 Å². The molecule has 22 heavy (non-hydrogen) atoms. The molecule has 0 aliphatic carbocycles. The normalized spacial score (nSPS) is 24.3. The van der Waals surface area contributed by atoms with E-state index in [1.807, 2.05) is 6.92 Å². The highest BCUT2D eigenvalue weighted by molar-refractivity contribution is 6.33. The quantitative estimate of drug-likeness (QED) is 0.834. The average Bonchev–Trinajstić information content (AvgIpc) is 3.08. The van der Waals surface area contributed by atoms with Gasteiger partial charge in [-0.2, -0.15) is 0 Å². The molecule has 2 aliphatic heterocycles. The van der Waals surface area contributed by atoms with Gasteiger partial charge in [0.2, 0.25) is 0 Å². The predicted molar refractivity (Wildman–Crippen MR) is 87.5 cm³/mol. The van der Waals surface area contributed by atoms with Gasteiger partial charge in [0, 0.05) is 24.7 Å². The van der Waals surface area contributed by atoms with Crippen LogP contribution >= 0.6 is 11.6 Å². The van der Waals surface area contributed by atoms with Gasteiger partial charge in [-0.1, -0.05) is 11.6 Å². The molecule has 2 aliphatic rings. The summed E-state index contributed by atoms with van der Waals surface area (Å²) in [6.45, 7) is 4.56. The van der Waals surface area contributed by atoms with Crippen molar-refractivity contribution >= 4 is 23.2 Å². The van der Waals surface area contributed by atoms with Crippen LogP contribution in [0.25, 0.3) is 0 Å². The van der Waals surface area contributed by atoms with E-state index in [9.17, 15) is 4.79 Å². The Morgan fingerprint density at radius 2 is 2.27 bits per heavy atom. The van der Waals surface area contributed by atoms with Crippen molar-refractivity contribution < 1.29 is 9.53 Å². The molecule has 0 saturated carbocycles. The van der Waals surface area contributed by atoms with E-state index < -0.39 is 0 Å². The standard InChI is InChI=1S/C16H22ClN3O2/c1-2-22-15-9-12(18)11(17)8-10(15)16(21)19-13-5-7-20-6-3-4-14(13)20/h8-9,13-14H,2-7,18H2,1H3,(H,19,21)/t13-,14-/m0/s1. The van der Waals surface area contributed by atoms with Gasteiger partial charge in [-0.15, -0.1) is 0 Å². The van der Waals surface area contributed by atoms with Gasteiger partial charge in [0.25, 0.3) is 5.91 Å². The maximum Gasteiger partial charge on any atom is 0.255 e. The summed E-state index contributed by atoms with van der Waals surface area (Å²) in [4.78, 5) is 15.1. The van der Waals surface area contributed by atoms with Crippen LogP contribution in [0, 0.1) is 0 Å². The number of hydrogen-bond donors (Lipinski definition) is 2. The summed E-state index contributed by atoms with van der Waals surface area (Å²) in [7, 11) is 0. The summed E-state index contributed by atoms with van der Waals surface area (Å²) in [5.74, 6) is 0.354. The van der Waals surface area contributed by atoms with Gasteiger partial charge in [-0.05, 0) is 38.8 Å². The molecule has 1 aromatic carbocycles. The Balaban J connectivity index is 1.78. The molecule has 5 nitrogen and oxygen atoms in total. The summed E-state index contributed by atoms with van der Waals surface area (Å²) in [5.41, 5.74) is 6.68. The first-order chi connectivity index (χ1) is 10.6. The van der Waals surface area contributed by atoms with Crippen LogP contribution < -0.4 is 15.8 Å². The number of halogens is 1. The molecule has 1 aromatic rings. The highest BCUT2D eigenvalue weighted by Gasteiger charge is 2.38. The van der Waals surface area contributed by atoms with Gasteiger partial charge in [-0.3, -0.25) is 9.69 Å². The second-order valence-electron chi connectivity index (χ2n) is 5.92. The van der Waals surface area contributed by atoms with Crippen LogP contribution in [-0.2, 0) is 0 Å². The first kappa shape index (κ1) is 15.4. The zero-order valence-electron chi connectivity index (χ0n) is 12.8. The molecule has 2 heterocycles. The Morgan fingerprint density at radius 3 is 3.05 bits per heavy atom. The number of ether oxygens (including phenoxy) is 1. The molecule has 0 bridgehead atoms. The molecule has 0 aromatic heterocycles. The lowest BCUT2D eigenvalue weighted by Crippen LogP contribution is -2.42. The molecule has 2 fully saturated rings. The fourth-order valence-corrected chi connectivity index (χ4v) is 3.68. The molecule has 0 spiro atoms. The molecule has 2 atom stereocenters. The Morgan fingerprint density at radius 1 is 1.45 bits per heavy atom. The van der Waals surface area contributed by atoms with Gasteiger partial charge < -0.3 is 15.8 Å². The molecule has 1 amide bonds. The van der Waals surface area contributed by atoms with Crippen molar-refractivity contribution in [1.29, 1.82) is 0 Å². The van der Waals surface area contributed by atoms with Gasteiger partial charge >= 0.3 is 0 Å². The average molecular weight is 324 g/mol. The number of hydrogen-bond acceptors (Lipinski definition) is 4. The molecule has 3 rings (SSSR count). The fourth-order valence-electron chi connectivity index (χ4n) is 3.52. The first-order valence-corrected chi connectivity index (χ1v) is 8.24. The summed E-state index contributed by atoms with van der Waals surface area (Å²) >= 11 is 6.07. The highest BCUT2D eigenvalue weighted by Crippen LogP contribution is 2.31. The maximum atomic E-state index is 12.6. The number of nitrogens with two attached hydrogens (primary N) is 1. The summed E-state index contributed by atoms with van der Waals surface area (Å²) in [6, 6.07) is 3.90. The Labute approximate surface area is 135 Å². The third-order valence-electron chi connectivity index (χ3n) is 4.57. The van der Waals surface area contributed by atoms with E-state index >= 15 is 0 Å². The highest BCUT2D eigenvalue weighted by atomic mass is 35.5. The number of benzene rings is 1. The maximum absolute atomic E-state index is 12.6. The lowest BCUT2D eigenvalue weighted by atomic mass is 10.1. The lowest BCUT2D eigenvalue weighted by Gasteiger charge is -2.22. The van der Waals surface area contributed by atoms with Crippen LogP contribution in [0.4, 0.5) is 5.69 Å². The van der Waals surface area contributed by atoms with Crippen LogP contribution in [-0.4, -0.2) is 42.6 Å². The third kappa shape index (κ3) is 2.88. The second kappa shape index (κ2) is 6.34. The van der Waals surface area contributed by atoms with Gasteiger partial charge in [0.1, 0.15) is 5.75 Å². The lowest BCUT2D eigenvalue weighted by molar-refractivity contribution is 0.0926. The minimum Gasteiger partial charge on any atom is -0.493 e. The Bertz CT molecular complexity index is 579. The third-order valence-corrected chi connectivity index (χ3v) is 4.89. The molecule has 3 N–H and O–H groups in total. The van der Waals surface area contributed by atoms with Crippen molar-refractivity contribution in [3.05, 3.63) is 22.7 Å². The number of rotatable bonds is 4. The topological polar surface area (TPSA) is 67.6 Å². The van der Waals surface area contributed by atoms with E-state index in [1.54, 1.807) is 12.1 Å². The van der Waals surface area contributed by atoms with Crippen LogP contribution in [0.5, 0.6) is 5.75 Å². The number of nitrogens with one attached hydrogen (secondary N) is 1. The summed E-state index contributed by atoms with van der Waals surface area (Å²) < 4.78 is 5.54. The van der Waals surface area contributed by atoms with E-state index in [0.29, 0.717) is 34.7 Å². The van der Waals surface area contributed by atoms with Crippen molar-refractivity contribution in [3.63, 3.8) is 0 Å². The van der Waals surface area contributed by atoms with Crippen molar-refractivity contribution in [2.24, 2.45) is 0 Å². The van der Waals surface area contributed by atoms with E-state index in [4.69, 9.17) is 22.1 Å². The SMILES string of the molecule is CCOc1cc(N)c(Cl)cc1C(=O)N[C@H]1CCN2CCC[C@@H]12. The number of anilines is 1. The number of carbonyl (C=O) groups is 1. The number of nitrogens with zero attached hydrogens (tertiary/aromatic N) is 1. The number of fused-ring (bicyclic) bond motifs is 1. The van der Waals surface area contributed by atoms with E-state index in [1.165, 1.54) is 6.42 Å². The monoisotopic (exact) mass is 323 g/mol. The minimum atomic E-state index is -0.135. The molecular formula is C16H22ClN3O2. The zero-order chi connectivity index (χ0) is 15.7. The van der Waals surface area contributed by atoms with Crippen LogP contribution in [0.3, 0.4) is 0 Å². The van der Waals surface area contributed by atoms with Gasteiger partial charge in [-0.25, -0.2) is 0 Å². The van der Waals surface area contributed by atoms with Gasteiger partial charge in [0.15, 0.2) is 0 Å². The van der Waals surface area contributed by atoms with E-state index in [-0.39, 0.29) is 11.9 Å². The Hall–Kier alpha value is -1.46. The predicted octanol–water partition coefficient (Wildman–Crippen LogP) is 2.29. The fraction of sp³-hybridized carbons (Fsp3) is 0.562. The molecule has 6 heteroatoms. The largest absolute Gasteiger partial charge is 0.493 e. The van der Waals surface area contributed by atoms with Crippen molar-refractivity contribution in [1.82, 2.24) is 10.2 Å². The van der Waals surface area contributed by atoms with Crippen molar-refractivity contribution in [3.8, 4) is 5.75 Å². The van der Waals surface area contributed by atoms with E-state index in [0.717, 1.165) is 25.9 Å². The zero-order valence-corrected chi connectivity index (χ0v) is 13.5. The summed E-state index contributed by atoms with van der Waals surface area (Å²) in [5, 5.41) is 3.53. The number of amides is 1. The molecule has 2 saturated heterocycles. The van der Waals surface area contributed by atoms with Crippen molar-refractivity contribution in [2.45, 2.75) is 38.3 Å². The van der Waals surface area contributed by atoms with Gasteiger partial charge in [0.05, 0.1) is 22.9 Å². The molecule has 0 radical (unpaired) electrons. The number of nitrogen functional groups attached to an aromatic ring is 1. The molecule has 120 valence electrons. The summed E-state index contributed by atoms with van der Waals surface area (Å²) in [6.07, 6.45) is 3.38. The molecule has 0 unspecified atom stereocenters. The second-order valence-corrected chi connectivity index (χ2v) is 6.32. The minimum absolute atomic E-state index is 0.135.